The van der Waals surface area contributed by atoms with E-state index in [2.05, 4.69) is 4.98 Å². The maximum absolute atomic E-state index is 12.5. The van der Waals surface area contributed by atoms with Crippen LogP contribution in [0.5, 0.6) is 0 Å². The second-order valence-corrected chi connectivity index (χ2v) is 5.94. The SMILES string of the molecule is FCCCc1csc(Cc2ncc(C(F)(F)F)cc2Cl)c1. The largest absolute Gasteiger partial charge is 0.417 e. The molecule has 2 rings (SSSR count). The molecule has 0 aliphatic carbocycles. The van der Waals surface area contributed by atoms with E-state index in [-0.39, 0.29) is 11.7 Å². The number of hydrogen-bond donors (Lipinski definition) is 0. The molecule has 1 nitrogen and oxygen atoms in total. The minimum Gasteiger partial charge on any atom is -0.259 e. The van der Waals surface area contributed by atoms with Crippen LogP contribution >= 0.6 is 22.9 Å². The molecule has 0 fully saturated rings. The molecule has 0 bridgehead atoms. The average molecular weight is 338 g/mol. The van der Waals surface area contributed by atoms with Crippen molar-refractivity contribution in [1.82, 2.24) is 4.98 Å². The molecular formula is C14H12ClF4NS. The highest BCUT2D eigenvalue weighted by atomic mass is 35.5. The number of nitrogens with zero attached hydrogens (tertiary/aromatic N) is 1. The molecule has 114 valence electrons. The summed E-state index contributed by atoms with van der Waals surface area (Å²) in [5.74, 6) is 0. The monoisotopic (exact) mass is 337 g/mol. The van der Waals surface area contributed by atoms with E-state index < -0.39 is 11.7 Å². The number of thiophene rings is 1. The molecule has 0 aromatic carbocycles. The molecule has 0 spiro atoms. The van der Waals surface area contributed by atoms with Gasteiger partial charge in [-0.15, -0.1) is 11.3 Å². The van der Waals surface area contributed by atoms with Crippen LogP contribution in [-0.4, -0.2) is 11.7 Å². The standard InChI is InChI=1S/C14H12ClF4NS/c15-12-5-10(14(17,18)19)7-20-13(12)6-11-4-9(8-21-11)2-1-3-16/h4-5,7-8H,1-3,6H2. The zero-order valence-corrected chi connectivity index (χ0v) is 12.5. The second kappa shape index (κ2) is 6.75. The molecule has 0 radical (unpaired) electrons. The molecule has 0 saturated carbocycles. The van der Waals surface area contributed by atoms with Crippen LogP contribution in [0.4, 0.5) is 17.6 Å². The summed E-state index contributed by atoms with van der Waals surface area (Å²) in [6.07, 6.45) is -2.16. The van der Waals surface area contributed by atoms with E-state index >= 15 is 0 Å². The number of alkyl halides is 4. The van der Waals surface area contributed by atoms with Crippen molar-refractivity contribution in [2.75, 3.05) is 6.67 Å². The van der Waals surface area contributed by atoms with Gasteiger partial charge in [0, 0.05) is 17.5 Å². The van der Waals surface area contributed by atoms with Crippen LogP contribution in [0.3, 0.4) is 0 Å². The number of rotatable bonds is 5. The van der Waals surface area contributed by atoms with Crippen molar-refractivity contribution in [3.05, 3.63) is 50.4 Å². The average Bonchev–Trinajstić information content (AvgIpc) is 2.85. The number of pyridine rings is 1. The Morgan fingerprint density at radius 2 is 2.00 bits per heavy atom. The van der Waals surface area contributed by atoms with Crippen molar-refractivity contribution in [3.63, 3.8) is 0 Å². The van der Waals surface area contributed by atoms with Gasteiger partial charge in [-0.25, -0.2) is 0 Å². The summed E-state index contributed by atoms with van der Waals surface area (Å²) in [4.78, 5) is 4.75. The molecule has 2 heterocycles. The van der Waals surface area contributed by atoms with Gasteiger partial charge in [-0.2, -0.15) is 13.2 Å². The molecule has 7 heteroatoms. The normalized spacial score (nSPS) is 11.9. The molecule has 0 amide bonds. The number of aromatic nitrogens is 1. The number of aryl methyl sites for hydroxylation is 1. The van der Waals surface area contributed by atoms with Crippen LogP contribution in [0.2, 0.25) is 5.02 Å². The Labute approximate surface area is 128 Å². The van der Waals surface area contributed by atoms with E-state index in [0.717, 1.165) is 22.7 Å². The third-order valence-corrected chi connectivity index (χ3v) is 4.21. The molecule has 0 aliphatic rings. The van der Waals surface area contributed by atoms with Crippen molar-refractivity contribution in [3.8, 4) is 0 Å². The van der Waals surface area contributed by atoms with E-state index in [1.807, 2.05) is 11.4 Å². The smallest absolute Gasteiger partial charge is 0.259 e. The molecule has 2 aromatic rings. The van der Waals surface area contributed by atoms with Crippen LogP contribution in [0.15, 0.2) is 23.7 Å². The first-order valence-electron chi connectivity index (χ1n) is 6.24. The van der Waals surface area contributed by atoms with Gasteiger partial charge in [0.25, 0.3) is 0 Å². The van der Waals surface area contributed by atoms with Crippen molar-refractivity contribution in [2.24, 2.45) is 0 Å². The summed E-state index contributed by atoms with van der Waals surface area (Å²) < 4.78 is 49.7. The minimum atomic E-state index is -4.45. The van der Waals surface area contributed by atoms with Crippen LogP contribution in [-0.2, 0) is 19.0 Å². The summed E-state index contributed by atoms with van der Waals surface area (Å²) in [5.41, 5.74) is 0.574. The third-order valence-electron chi connectivity index (χ3n) is 2.89. The highest BCUT2D eigenvalue weighted by molar-refractivity contribution is 7.10. The fourth-order valence-electron chi connectivity index (χ4n) is 1.84. The van der Waals surface area contributed by atoms with E-state index in [1.165, 1.54) is 11.3 Å². The van der Waals surface area contributed by atoms with Crippen molar-refractivity contribution >= 4 is 22.9 Å². The highest BCUT2D eigenvalue weighted by Gasteiger charge is 2.31. The van der Waals surface area contributed by atoms with Crippen molar-refractivity contribution in [2.45, 2.75) is 25.4 Å². The van der Waals surface area contributed by atoms with Crippen LogP contribution in [0, 0.1) is 0 Å². The molecule has 2 aromatic heterocycles. The fraction of sp³-hybridized carbons (Fsp3) is 0.357. The van der Waals surface area contributed by atoms with Gasteiger partial charge in [0.05, 0.1) is 23.0 Å². The van der Waals surface area contributed by atoms with E-state index in [4.69, 9.17) is 11.6 Å². The molecule has 0 N–H and O–H groups in total. The summed E-state index contributed by atoms with van der Waals surface area (Å²) >= 11 is 7.34. The van der Waals surface area contributed by atoms with Gasteiger partial charge >= 0.3 is 6.18 Å². The summed E-state index contributed by atoms with van der Waals surface area (Å²) in [7, 11) is 0. The lowest BCUT2D eigenvalue weighted by molar-refractivity contribution is -0.137. The van der Waals surface area contributed by atoms with Gasteiger partial charge in [-0.05, 0) is 35.9 Å². The quantitative estimate of drug-likeness (QED) is 0.674. The molecule has 0 aliphatic heterocycles. The van der Waals surface area contributed by atoms with E-state index in [0.29, 0.717) is 25.0 Å². The Bertz CT molecular complexity index is 609. The van der Waals surface area contributed by atoms with Gasteiger partial charge in [-0.3, -0.25) is 9.37 Å². The van der Waals surface area contributed by atoms with Crippen LogP contribution in [0.25, 0.3) is 0 Å². The van der Waals surface area contributed by atoms with E-state index in [1.54, 1.807) is 0 Å². The first kappa shape index (κ1) is 16.2. The lowest BCUT2D eigenvalue weighted by Gasteiger charge is -2.08. The lowest BCUT2D eigenvalue weighted by Crippen LogP contribution is -2.06. The first-order valence-corrected chi connectivity index (χ1v) is 7.50. The maximum atomic E-state index is 12.5. The van der Waals surface area contributed by atoms with Gasteiger partial charge < -0.3 is 0 Å². The number of halogens is 5. The molecule has 0 unspecified atom stereocenters. The summed E-state index contributed by atoms with van der Waals surface area (Å²) in [6.45, 7) is -0.364. The molecule has 0 saturated heterocycles. The second-order valence-electron chi connectivity index (χ2n) is 4.54. The predicted molar refractivity (Wildman–Crippen MR) is 75.7 cm³/mol. The molecule has 21 heavy (non-hydrogen) atoms. The highest BCUT2D eigenvalue weighted by Crippen LogP contribution is 2.32. The maximum Gasteiger partial charge on any atom is 0.417 e. The fourth-order valence-corrected chi connectivity index (χ4v) is 3.00. The van der Waals surface area contributed by atoms with Crippen LogP contribution in [0.1, 0.15) is 28.1 Å². The Kier molecular flexibility index (Phi) is 5.22. The van der Waals surface area contributed by atoms with Crippen molar-refractivity contribution in [1.29, 1.82) is 0 Å². The summed E-state index contributed by atoms with van der Waals surface area (Å²) in [5, 5.41) is 1.92. The van der Waals surface area contributed by atoms with E-state index in [9.17, 15) is 17.6 Å². The minimum absolute atomic E-state index is 0.00327. The topological polar surface area (TPSA) is 12.9 Å². The Hall–Kier alpha value is -1.14. The Balaban J connectivity index is 2.11. The first-order chi connectivity index (χ1) is 9.90. The third kappa shape index (κ3) is 4.41. The Morgan fingerprint density at radius 1 is 1.24 bits per heavy atom. The zero-order chi connectivity index (χ0) is 15.5. The summed E-state index contributed by atoms with van der Waals surface area (Å²) in [6, 6.07) is 2.80. The zero-order valence-electron chi connectivity index (χ0n) is 10.9. The molecule has 0 atom stereocenters. The Morgan fingerprint density at radius 3 is 2.62 bits per heavy atom. The van der Waals surface area contributed by atoms with Crippen LogP contribution < -0.4 is 0 Å². The van der Waals surface area contributed by atoms with Gasteiger partial charge in [0.1, 0.15) is 0 Å². The predicted octanol–water partition coefficient (Wildman–Crippen LogP) is 5.31. The van der Waals surface area contributed by atoms with Crippen molar-refractivity contribution < 1.29 is 17.6 Å². The van der Waals surface area contributed by atoms with Gasteiger partial charge in [-0.1, -0.05) is 11.6 Å². The van der Waals surface area contributed by atoms with Gasteiger partial charge in [0.15, 0.2) is 0 Å². The number of hydrogen-bond acceptors (Lipinski definition) is 2. The lowest BCUT2D eigenvalue weighted by atomic mass is 10.1. The molecular weight excluding hydrogens is 326 g/mol. The van der Waals surface area contributed by atoms with Gasteiger partial charge in [0.2, 0.25) is 0 Å².